The zero-order valence-electron chi connectivity index (χ0n) is 14.1. The predicted octanol–water partition coefficient (Wildman–Crippen LogP) is 1.76. The van der Waals surface area contributed by atoms with Gasteiger partial charge in [-0.3, -0.25) is 0 Å². The van der Waals surface area contributed by atoms with Crippen molar-refractivity contribution in [3.8, 4) is 20.9 Å². The number of benzene rings is 3. The van der Waals surface area contributed by atoms with Crippen molar-refractivity contribution in [1.29, 1.82) is 0 Å². The van der Waals surface area contributed by atoms with E-state index in [2.05, 4.69) is 91.0 Å². The summed E-state index contributed by atoms with van der Waals surface area (Å²) in [6.07, 6.45) is 0. The highest BCUT2D eigenvalue weighted by Crippen LogP contribution is 2.38. The Hall–Kier alpha value is -2.38. The van der Waals surface area contributed by atoms with Crippen molar-refractivity contribution in [2.75, 3.05) is 0 Å². The lowest BCUT2D eigenvalue weighted by molar-refractivity contribution is -2.00. The molecule has 1 aromatic heterocycles. The average Bonchev–Trinajstić information content (AvgIpc) is 2.67. The van der Waals surface area contributed by atoms with Gasteiger partial charge in [0, 0.05) is 22.6 Å². The minimum absolute atomic E-state index is 1.27. The van der Waals surface area contributed by atoms with Crippen LogP contribution >= 0.6 is 11.3 Å². The van der Waals surface area contributed by atoms with Crippen LogP contribution in [0.15, 0.2) is 91.0 Å². The third-order valence-corrected chi connectivity index (χ3v) is 5.03. The van der Waals surface area contributed by atoms with Gasteiger partial charge in [0.15, 0.2) is 0 Å². The number of fused-ring (bicyclic) bond motifs is 1. The largest absolute Gasteiger partial charge is 0.246 e. The highest BCUT2D eigenvalue weighted by atomic mass is 35.7. The maximum atomic E-state index is 8.49. The first kappa shape index (κ1) is 19.4. The summed E-state index contributed by atoms with van der Waals surface area (Å²) >= 11 is 1.86. The van der Waals surface area contributed by atoms with E-state index in [0.29, 0.717) is 0 Å². The second kappa shape index (κ2) is 8.54. The Morgan fingerprint density at radius 3 is 1.67 bits per heavy atom. The van der Waals surface area contributed by atoms with Crippen LogP contribution in [0.3, 0.4) is 0 Å². The van der Waals surface area contributed by atoms with E-state index in [0.717, 1.165) is 0 Å². The molecular weight excluding hydrogens is 384 g/mol. The molecule has 0 aliphatic heterocycles. The van der Waals surface area contributed by atoms with Gasteiger partial charge in [0.05, 0.1) is 0 Å². The van der Waals surface area contributed by atoms with Crippen LogP contribution in [0.4, 0.5) is 0 Å². The standard InChI is InChI=1S/C21H15S.ClHO4/c1-3-9-16(10-4-1)20-15-18-13-7-8-14-19(18)21(22-20)17-11-5-2-6-12-17;2-1(3,4)5/h1-15H;(H,2,3,4,5)/q+1;/p-1. The Morgan fingerprint density at radius 1 is 0.593 bits per heavy atom. The molecule has 0 fully saturated rings. The summed E-state index contributed by atoms with van der Waals surface area (Å²) in [7, 11) is -4.94. The minimum atomic E-state index is -4.94. The average molecular weight is 399 g/mol. The number of rotatable bonds is 2. The van der Waals surface area contributed by atoms with E-state index in [4.69, 9.17) is 18.6 Å². The first-order chi connectivity index (χ1) is 12.9. The van der Waals surface area contributed by atoms with Crippen LogP contribution in [-0.2, 0) is 0 Å². The molecule has 0 bridgehead atoms. The second-order valence-corrected chi connectivity index (χ2v) is 7.45. The topological polar surface area (TPSA) is 92.2 Å². The van der Waals surface area contributed by atoms with Gasteiger partial charge in [0.25, 0.3) is 0 Å². The molecule has 0 atom stereocenters. The van der Waals surface area contributed by atoms with Gasteiger partial charge in [-0.05, 0) is 35.7 Å². The summed E-state index contributed by atoms with van der Waals surface area (Å²) in [6.45, 7) is 0. The molecule has 1 heterocycles. The normalized spacial score (nSPS) is 11.0. The fourth-order valence-electron chi connectivity index (χ4n) is 2.71. The summed E-state index contributed by atoms with van der Waals surface area (Å²) in [5.41, 5.74) is 2.55. The van der Waals surface area contributed by atoms with Crippen LogP contribution in [0, 0.1) is 10.2 Å². The van der Waals surface area contributed by atoms with Crippen LogP contribution in [-0.4, -0.2) is 0 Å². The Bertz CT molecular complexity index is 1010. The van der Waals surface area contributed by atoms with E-state index in [1.165, 1.54) is 31.7 Å². The molecule has 6 heteroatoms. The van der Waals surface area contributed by atoms with E-state index >= 15 is 0 Å². The van der Waals surface area contributed by atoms with Crippen LogP contribution in [0.5, 0.6) is 0 Å². The summed E-state index contributed by atoms with van der Waals surface area (Å²) in [5, 5.41) is 2.61. The van der Waals surface area contributed by atoms with E-state index in [1.807, 2.05) is 11.3 Å². The van der Waals surface area contributed by atoms with E-state index in [1.54, 1.807) is 0 Å². The van der Waals surface area contributed by atoms with Gasteiger partial charge in [0.2, 0.25) is 21.1 Å². The van der Waals surface area contributed by atoms with Crippen molar-refractivity contribution < 1.29 is 28.9 Å². The molecule has 0 saturated heterocycles. The lowest BCUT2D eigenvalue weighted by Crippen LogP contribution is -2.68. The zero-order valence-corrected chi connectivity index (χ0v) is 15.7. The fraction of sp³-hybridized carbons (Fsp3) is 0. The molecule has 0 unspecified atom stereocenters. The monoisotopic (exact) mass is 398 g/mol. The maximum Gasteiger partial charge on any atom is 0.246 e. The molecule has 0 saturated carbocycles. The van der Waals surface area contributed by atoms with Crippen molar-refractivity contribution in [3.63, 3.8) is 0 Å². The van der Waals surface area contributed by atoms with Gasteiger partial charge in [-0.15, -0.1) is 10.2 Å². The summed E-state index contributed by atoms with van der Waals surface area (Å²) in [5.74, 6) is 0. The molecule has 27 heavy (non-hydrogen) atoms. The molecule has 0 aliphatic carbocycles. The lowest BCUT2D eigenvalue weighted by atomic mass is 10.1. The summed E-state index contributed by atoms with van der Waals surface area (Å²) in [6, 6.07) is 32.2. The van der Waals surface area contributed by atoms with Crippen LogP contribution in [0.25, 0.3) is 31.7 Å². The molecular formula is C21H15ClO4S. The zero-order chi connectivity index (χ0) is 19.3. The van der Waals surface area contributed by atoms with Crippen LogP contribution < -0.4 is 18.6 Å². The first-order valence-electron chi connectivity index (χ1n) is 8.00. The smallest absolute Gasteiger partial charge is 0.222 e. The number of hydrogen-bond acceptors (Lipinski definition) is 4. The molecule has 0 aliphatic rings. The van der Waals surface area contributed by atoms with Gasteiger partial charge < -0.3 is 0 Å². The van der Waals surface area contributed by atoms with E-state index < -0.39 is 10.2 Å². The van der Waals surface area contributed by atoms with Crippen molar-refractivity contribution in [3.05, 3.63) is 91.0 Å². The molecule has 0 spiro atoms. The molecule has 136 valence electrons. The first-order valence-corrected chi connectivity index (χ1v) is 10.1. The Labute approximate surface area is 163 Å². The van der Waals surface area contributed by atoms with Crippen molar-refractivity contribution in [2.24, 2.45) is 0 Å². The molecule has 0 N–H and O–H groups in total. The molecule has 4 aromatic rings. The Balaban J connectivity index is 0.000000376. The third kappa shape index (κ3) is 5.55. The minimum Gasteiger partial charge on any atom is -0.222 e. The Morgan fingerprint density at radius 2 is 1.07 bits per heavy atom. The maximum absolute atomic E-state index is 8.49. The summed E-state index contributed by atoms with van der Waals surface area (Å²) < 4.78 is 34.0. The van der Waals surface area contributed by atoms with E-state index in [-0.39, 0.29) is 0 Å². The lowest BCUT2D eigenvalue weighted by Gasteiger charge is -2.17. The van der Waals surface area contributed by atoms with Crippen molar-refractivity contribution in [2.45, 2.75) is 0 Å². The SMILES string of the molecule is [O-][Cl+3]([O-])([O-])[O-].c1ccc(-c2cc3ccccc3c(-c3ccccc3)[s+]2)cc1. The molecule has 0 amide bonds. The summed E-state index contributed by atoms with van der Waals surface area (Å²) in [4.78, 5) is 2.63. The van der Waals surface area contributed by atoms with Crippen molar-refractivity contribution in [1.82, 2.24) is 0 Å². The fourth-order valence-corrected chi connectivity index (χ4v) is 3.92. The van der Waals surface area contributed by atoms with Crippen LogP contribution in [0.2, 0.25) is 0 Å². The highest BCUT2D eigenvalue weighted by Gasteiger charge is 2.20. The van der Waals surface area contributed by atoms with Gasteiger partial charge in [0.1, 0.15) is 0 Å². The van der Waals surface area contributed by atoms with Gasteiger partial charge in [-0.25, -0.2) is 18.6 Å². The Kier molecular flexibility index (Phi) is 6.13. The molecule has 4 rings (SSSR count). The van der Waals surface area contributed by atoms with Gasteiger partial charge >= 0.3 is 0 Å². The third-order valence-electron chi connectivity index (χ3n) is 3.80. The molecule has 0 radical (unpaired) electrons. The highest BCUT2D eigenvalue weighted by molar-refractivity contribution is 7.19. The quantitative estimate of drug-likeness (QED) is 0.481. The number of hydrogen-bond donors (Lipinski definition) is 0. The van der Waals surface area contributed by atoms with Crippen molar-refractivity contribution >= 4 is 22.1 Å². The van der Waals surface area contributed by atoms with Gasteiger partial charge in [-0.2, -0.15) is 0 Å². The van der Waals surface area contributed by atoms with Crippen LogP contribution in [0.1, 0.15) is 0 Å². The molecule has 4 nitrogen and oxygen atoms in total. The number of halogens is 1. The van der Waals surface area contributed by atoms with Gasteiger partial charge in [-0.1, -0.05) is 54.6 Å². The second-order valence-electron chi connectivity index (χ2n) is 5.64. The predicted molar refractivity (Wildman–Crippen MR) is 97.1 cm³/mol. The molecule has 3 aromatic carbocycles. The van der Waals surface area contributed by atoms with E-state index in [9.17, 15) is 0 Å².